The first-order valence-corrected chi connectivity index (χ1v) is 6.07. The Morgan fingerprint density at radius 3 is 2.43 bits per heavy atom. The van der Waals surface area contributed by atoms with Crippen LogP contribution in [0.25, 0.3) is 0 Å². The molecule has 1 rings (SSSR count). The zero-order valence-corrected chi connectivity index (χ0v) is 9.56. The highest BCUT2D eigenvalue weighted by atomic mass is 32.2. The Labute approximate surface area is 89.9 Å². The lowest BCUT2D eigenvalue weighted by Crippen LogP contribution is -1.92. The van der Waals surface area contributed by atoms with E-state index in [0.717, 1.165) is 12.8 Å². The fourth-order valence-corrected chi connectivity index (χ4v) is 1.74. The maximum atomic E-state index is 10.7. The molecule has 0 atom stereocenters. The van der Waals surface area contributed by atoms with E-state index in [1.807, 2.05) is 0 Å². The Morgan fingerprint density at radius 1 is 1.29 bits per heavy atom. The SMILES string of the molecule is CSc1ccc(CCCC(C)=O)cc1. The molecule has 0 aliphatic carbocycles. The molecule has 76 valence electrons. The lowest BCUT2D eigenvalue weighted by Gasteiger charge is -2.01. The summed E-state index contributed by atoms with van der Waals surface area (Å²) in [5.74, 6) is 0.283. The van der Waals surface area contributed by atoms with Crippen LogP contribution in [0.5, 0.6) is 0 Å². The summed E-state index contributed by atoms with van der Waals surface area (Å²) in [6.45, 7) is 1.65. The fraction of sp³-hybridized carbons (Fsp3) is 0.417. The van der Waals surface area contributed by atoms with Gasteiger partial charge in [-0.25, -0.2) is 0 Å². The van der Waals surface area contributed by atoms with Crippen molar-refractivity contribution in [1.82, 2.24) is 0 Å². The van der Waals surface area contributed by atoms with Gasteiger partial charge in [-0.3, -0.25) is 0 Å². The molecule has 1 aromatic rings. The number of thioether (sulfide) groups is 1. The van der Waals surface area contributed by atoms with Crippen molar-refractivity contribution in [3.63, 3.8) is 0 Å². The molecule has 0 aliphatic heterocycles. The molecule has 0 amide bonds. The second-order valence-corrected chi connectivity index (χ2v) is 4.28. The number of carbonyl (C=O) groups excluding carboxylic acids is 1. The third-order valence-electron chi connectivity index (χ3n) is 2.15. The largest absolute Gasteiger partial charge is 0.300 e. The summed E-state index contributed by atoms with van der Waals surface area (Å²) in [5.41, 5.74) is 1.32. The molecular weight excluding hydrogens is 192 g/mol. The number of carbonyl (C=O) groups is 1. The van der Waals surface area contributed by atoms with Gasteiger partial charge >= 0.3 is 0 Å². The average Bonchev–Trinajstić information content (AvgIpc) is 2.18. The highest BCUT2D eigenvalue weighted by Crippen LogP contribution is 2.15. The second-order valence-electron chi connectivity index (χ2n) is 3.40. The predicted molar refractivity (Wildman–Crippen MR) is 61.8 cm³/mol. The lowest BCUT2D eigenvalue weighted by atomic mass is 10.1. The van der Waals surface area contributed by atoms with E-state index in [1.54, 1.807) is 18.7 Å². The number of aryl methyl sites for hydroxylation is 1. The molecule has 0 unspecified atom stereocenters. The normalized spacial score (nSPS) is 10.1. The number of Topliss-reactive ketones (excluding diaryl/α,β-unsaturated/α-hetero) is 1. The molecule has 0 radical (unpaired) electrons. The summed E-state index contributed by atoms with van der Waals surface area (Å²) in [6, 6.07) is 8.56. The number of ketones is 1. The van der Waals surface area contributed by atoms with Crippen molar-refractivity contribution in [2.24, 2.45) is 0 Å². The Hall–Kier alpha value is -0.760. The minimum Gasteiger partial charge on any atom is -0.300 e. The molecule has 0 saturated carbocycles. The summed E-state index contributed by atoms with van der Waals surface area (Å²) in [5, 5.41) is 0. The third kappa shape index (κ3) is 3.97. The van der Waals surface area contributed by atoms with E-state index < -0.39 is 0 Å². The summed E-state index contributed by atoms with van der Waals surface area (Å²) < 4.78 is 0. The molecule has 1 aromatic carbocycles. The third-order valence-corrected chi connectivity index (χ3v) is 2.90. The molecule has 0 aromatic heterocycles. The van der Waals surface area contributed by atoms with Crippen LogP contribution in [-0.4, -0.2) is 12.0 Å². The Balaban J connectivity index is 2.40. The van der Waals surface area contributed by atoms with Crippen molar-refractivity contribution in [2.45, 2.75) is 31.1 Å². The van der Waals surface area contributed by atoms with E-state index in [0.29, 0.717) is 6.42 Å². The zero-order chi connectivity index (χ0) is 10.4. The molecule has 0 fully saturated rings. The van der Waals surface area contributed by atoms with E-state index in [2.05, 4.69) is 30.5 Å². The Bertz CT molecular complexity index is 290. The molecule has 14 heavy (non-hydrogen) atoms. The summed E-state index contributed by atoms with van der Waals surface area (Å²) in [6.07, 6.45) is 4.75. The quantitative estimate of drug-likeness (QED) is 0.690. The van der Waals surface area contributed by atoms with Gasteiger partial charge in [-0.2, -0.15) is 0 Å². The van der Waals surface area contributed by atoms with Crippen molar-refractivity contribution in [3.05, 3.63) is 29.8 Å². The fourth-order valence-electron chi connectivity index (χ4n) is 1.33. The smallest absolute Gasteiger partial charge is 0.129 e. The zero-order valence-electron chi connectivity index (χ0n) is 8.75. The first-order chi connectivity index (χ1) is 6.72. The van der Waals surface area contributed by atoms with Gasteiger partial charge in [0.05, 0.1) is 0 Å². The lowest BCUT2D eigenvalue weighted by molar-refractivity contribution is -0.117. The van der Waals surface area contributed by atoms with Gasteiger partial charge in [0, 0.05) is 11.3 Å². The number of benzene rings is 1. The van der Waals surface area contributed by atoms with Gasteiger partial charge in [-0.05, 0) is 43.7 Å². The van der Waals surface area contributed by atoms with E-state index in [1.165, 1.54) is 10.5 Å². The molecule has 1 nitrogen and oxygen atoms in total. The van der Waals surface area contributed by atoms with Crippen LogP contribution in [0, 0.1) is 0 Å². The maximum Gasteiger partial charge on any atom is 0.129 e. The average molecular weight is 208 g/mol. The van der Waals surface area contributed by atoms with Gasteiger partial charge in [0.25, 0.3) is 0 Å². The summed E-state index contributed by atoms with van der Waals surface area (Å²) >= 11 is 1.75. The van der Waals surface area contributed by atoms with E-state index in [9.17, 15) is 4.79 Å². The molecule has 0 heterocycles. The van der Waals surface area contributed by atoms with Crippen LogP contribution in [0.15, 0.2) is 29.2 Å². The van der Waals surface area contributed by atoms with Gasteiger partial charge < -0.3 is 4.79 Å². The minimum absolute atomic E-state index is 0.283. The number of hydrogen-bond donors (Lipinski definition) is 0. The van der Waals surface area contributed by atoms with Crippen LogP contribution in [0.1, 0.15) is 25.3 Å². The first-order valence-electron chi connectivity index (χ1n) is 4.84. The number of rotatable bonds is 5. The van der Waals surface area contributed by atoms with Crippen molar-refractivity contribution in [3.8, 4) is 0 Å². The molecule has 0 aliphatic rings. The van der Waals surface area contributed by atoms with Crippen LogP contribution in [-0.2, 0) is 11.2 Å². The van der Waals surface area contributed by atoms with Crippen molar-refractivity contribution in [1.29, 1.82) is 0 Å². The van der Waals surface area contributed by atoms with Crippen LogP contribution in [0.4, 0.5) is 0 Å². The minimum atomic E-state index is 0.283. The van der Waals surface area contributed by atoms with Crippen molar-refractivity contribution < 1.29 is 4.79 Å². The Kier molecular flexibility index (Phi) is 4.74. The van der Waals surface area contributed by atoms with Gasteiger partial charge in [-0.15, -0.1) is 11.8 Å². The van der Waals surface area contributed by atoms with E-state index >= 15 is 0 Å². The molecule has 0 saturated heterocycles. The second kappa shape index (κ2) is 5.86. The summed E-state index contributed by atoms with van der Waals surface area (Å²) in [4.78, 5) is 12.0. The predicted octanol–water partition coefficient (Wildman–Crippen LogP) is 3.32. The van der Waals surface area contributed by atoms with Gasteiger partial charge in [0.2, 0.25) is 0 Å². The molecule has 0 N–H and O–H groups in total. The van der Waals surface area contributed by atoms with Crippen molar-refractivity contribution >= 4 is 17.5 Å². The van der Waals surface area contributed by atoms with Crippen LogP contribution < -0.4 is 0 Å². The van der Waals surface area contributed by atoms with Gasteiger partial charge in [-0.1, -0.05) is 12.1 Å². The van der Waals surface area contributed by atoms with Gasteiger partial charge in [0.1, 0.15) is 5.78 Å². The highest BCUT2D eigenvalue weighted by Gasteiger charge is 1.96. The van der Waals surface area contributed by atoms with Crippen LogP contribution in [0.3, 0.4) is 0 Å². The van der Waals surface area contributed by atoms with E-state index in [4.69, 9.17) is 0 Å². The van der Waals surface area contributed by atoms with Gasteiger partial charge in [0.15, 0.2) is 0 Å². The van der Waals surface area contributed by atoms with Crippen LogP contribution >= 0.6 is 11.8 Å². The monoisotopic (exact) mass is 208 g/mol. The van der Waals surface area contributed by atoms with Crippen LogP contribution in [0.2, 0.25) is 0 Å². The molecule has 2 heteroatoms. The topological polar surface area (TPSA) is 17.1 Å². The first kappa shape index (κ1) is 11.3. The molecule has 0 spiro atoms. The molecule has 0 bridgehead atoms. The summed E-state index contributed by atoms with van der Waals surface area (Å²) in [7, 11) is 0. The van der Waals surface area contributed by atoms with E-state index in [-0.39, 0.29) is 5.78 Å². The highest BCUT2D eigenvalue weighted by molar-refractivity contribution is 7.98. The Morgan fingerprint density at radius 2 is 1.93 bits per heavy atom. The maximum absolute atomic E-state index is 10.7. The molecular formula is C12H16OS. The van der Waals surface area contributed by atoms with Crippen molar-refractivity contribution in [2.75, 3.05) is 6.26 Å². The standard InChI is InChI=1S/C12H16OS/c1-10(13)4-3-5-11-6-8-12(14-2)9-7-11/h6-9H,3-5H2,1-2H3. The number of hydrogen-bond acceptors (Lipinski definition) is 2.